The normalized spacial score (nSPS) is 20.9. The number of aryl methyl sites for hydroxylation is 1. The van der Waals surface area contributed by atoms with E-state index < -0.39 is 0 Å². The summed E-state index contributed by atoms with van der Waals surface area (Å²) in [6.07, 6.45) is 2.86. The predicted octanol–water partition coefficient (Wildman–Crippen LogP) is 2.75. The molecule has 0 bridgehead atoms. The van der Waals surface area contributed by atoms with E-state index in [1.165, 1.54) is 5.56 Å². The maximum Gasteiger partial charge on any atom is 0.225 e. The van der Waals surface area contributed by atoms with Crippen LogP contribution in [0.4, 0.5) is 0 Å². The molecule has 3 rings (SSSR count). The summed E-state index contributed by atoms with van der Waals surface area (Å²) >= 11 is 0. The molecule has 1 atom stereocenters. The molecular weight excluding hydrogens is 264 g/mol. The maximum atomic E-state index is 12.1. The Morgan fingerprint density at radius 2 is 2.05 bits per heavy atom. The van der Waals surface area contributed by atoms with Gasteiger partial charge < -0.3 is 9.74 Å². The van der Waals surface area contributed by atoms with E-state index in [4.69, 9.17) is 4.84 Å². The Bertz CT molecular complexity index is 546. The lowest BCUT2D eigenvalue weighted by atomic mass is 10.0. The van der Waals surface area contributed by atoms with Crippen LogP contribution in [0.25, 0.3) is 0 Å². The fraction of sp³-hybridized carbons (Fsp3) is 0.529. The molecular formula is C17H22N2O2. The van der Waals surface area contributed by atoms with Gasteiger partial charge in [-0.1, -0.05) is 35.0 Å². The summed E-state index contributed by atoms with van der Waals surface area (Å²) in [7, 11) is 0. The van der Waals surface area contributed by atoms with Crippen LogP contribution in [0.1, 0.15) is 37.3 Å². The molecule has 1 amide bonds. The second-order valence-corrected chi connectivity index (χ2v) is 5.99. The molecule has 0 N–H and O–H groups in total. The van der Waals surface area contributed by atoms with Gasteiger partial charge in [-0.3, -0.25) is 4.79 Å². The molecule has 1 aliphatic carbocycles. The van der Waals surface area contributed by atoms with E-state index in [2.05, 4.69) is 36.3 Å². The number of carbonyl (C=O) groups excluding carboxylic acids is 1. The molecule has 112 valence electrons. The van der Waals surface area contributed by atoms with Gasteiger partial charge in [0.1, 0.15) is 0 Å². The molecule has 4 heteroatoms. The lowest BCUT2D eigenvalue weighted by Gasteiger charge is -2.23. The average molecular weight is 286 g/mol. The number of rotatable bonds is 5. The molecule has 1 saturated carbocycles. The number of amides is 1. The van der Waals surface area contributed by atoms with Gasteiger partial charge in [0.15, 0.2) is 6.10 Å². The van der Waals surface area contributed by atoms with Crippen LogP contribution in [0, 0.1) is 12.8 Å². The fourth-order valence-corrected chi connectivity index (χ4v) is 2.65. The summed E-state index contributed by atoms with van der Waals surface area (Å²) in [4.78, 5) is 19.6. The average Bonchev–Trinajstić information content (AvgIpc) is 3.24. The Hall–Kier alpha value is -1.84. The highest BCUT2D eigenvalue weighted by atomic mass is 16.6. The van der Waals surface area contributed by atoms with Gasteiger partial charge in [-0.25, -0.2) is 0 Å². The van der Waals surface area contributed by atoms with Crippen LogP contribution in [0.2, 0.25) is 0 Å². The summed E-state index contributed by atoms with van der Waals surface area (Å²) in [5.74, 6) is 0.550. The lowest BCUT2D eigenvalue weighted by Crippen LogP contribution is -2.38. The first-order chi connectivity index (χ1) is 10.2. The maximum absolute atomic E-state index is 12.1. The second-order valence-electron chi connectivity index (χ2n) is 5.99. The minimum Gasteiger partial charge on any atom is -0.390 e. The van der Waals surface area contributed by atoms with Crippen LogP contribution < -0.4 is 0 Å². The van der Waals surface area contributed by atoms with Crippen molar-refractivity contribution in [3.63, 3.8) is 0 Å². The van der Waals surface area contributed by atoms with Gasteiger partial charge in [0.05, 0.1) is 12.3 Å². The Labute approximate surface area is 125 Å². The fourth-order valence-electron chi connectivity index (χ4n) is 2.65. The zero-order valence-electron chi connectivity index (χ0n) is 12.7. The van der Waals surface area contributed by atoms with E-state index in [1.807, 2.05) is 11.8 Å². The molecule has 1 aliphatic heterocycles. The standard InChI is InChI=1S/C17H22N2O2/c1-3-19(17(20)14-8-9-14)11-15-10-16(18-21-15)13-6-4-12(2)5-7-13/h4-7,14-15H,3,8-11H2,1-2H3/t15-/m0/s1. The summed E-state index contributed by atoms with van der Waals surface area (Å²) < 4.78 is 0. The summed E-state index contributed by atoms with van der Waals surface area (Å²) in [5.41, 5.74) is 3.33. The van der Waals surface area contributed by atoms with Crippen molar-refractivity contribution in [3.05, 3.63) is 35.4 Å². The predicted molar refractivity (Wildman–Crippen MR) is 82.2 cm³/mol. The zero-order valence-corrected chi connectivity index (χ0v) is 12.7. The third-order valence-corrected chi connectivity index (χ3v) is 4.16. The molecule has 0 spiro atoms. The third-order valence-electron chi connectivity index (χ3n) is 4.16. The van der Waals surface area contributed by atoms with Crippen molar-refractivity contribution in [2.24, 2.45) is 11.1 Å². The van der Waals surface area contributed by atoms with Crippen molar-refractivity contribution in [2.75, 3.05) is 13.1 Å². The number of hydrogen-bond donors (Lipinski definition) is 0. The molecule has 0 aromatic heterocycles. The lowest BCUT2D eigenvalue weighted by molar-refractivity contribution is -0.134. The number of carbonyl (C=O) groups is 1. The molecule has 1 aromatic carbocycles. The highest BCUT2D eigenvalue weighted by Crippen LogP contribution is 2.31. The highest BCUT2D eigenvalue weighted by Gasteiger charge is 2.34. The zero-order chi connectivity index (χ0) is 14.8. The molecule has 0 unspecified atom stereocenters. The van der Waals surface area contributed by atoms with Gasteiger partial charge in [-0.2, -0.15) is 0 Å². The van der Waals surface area contributed by atoms with Crippen LogP contribution in [0.3, 0.4) is 0 Å². The molecule has 21 heavy (non-hydrogen) atoms. The largest absolute Gasteiger partial charge is 0.390 e. The molecule has 4 nitrogen and oxygen atoms in total. The van der Waals surface area contributed by atoms with E-state index in [0.717, 1.165) is 37.1 Å². The van der Waals surface area contributed by atoms with Crippen molar-refractivity contribution in [1.82, 2.24) is 4.90 Å². The quantitative estimate of drug-likeness (QED) is 0.835. The van der Waals surface area contributed by atoms with E-state index >= 15 is 0 Å². The molecule has 2 aliphatic rings. The number of hydrogen-bond acceptors (Lipinski definition) is 3. The Morgan fingerprint density at radius 1 is 1.33 bits per heavy atom. The van der Waals surface area contributed by atoms with Crippen LogP contribution in [-0.2, 0) is 9.63 Å². The van der Waals surface area contributed by atoms with Crippen molar-refractivity contribution in [1.29, 1.82) is 0 Å². The first kappa shape index (κ1) is 14.1. The van der Waals surface area contributed by atoms with Gasteiger partial charge in [0, 0.05) is 18.9 Å². The van der Waals surface area contributed by atoms with Gasteiger partial charge in [0.2, 0.25) is 5.91 Å². The van der Waals surface area contributed by atoms with E-state index in [-0.39, 0.29) is 17.9 Å². The first-order valence-electron chi connectivity index (χ1n) is 7.76. The highest BCUT2D eigenvalue weighted by molar-refractivity contribution is 6.01. The Morgan fingerprint density at radius 3 is 2.67 bits per heavy atom. The van der Waals surface area contributed by atoms with Gasteiger partial charge in [-0.05, 0) is 32.3 Å². The van der Waals surface area contributed by atoms with Crippen LogP contribution in [0.5, 0.6) is 0 Å². The monoisotopic (exact) mass is 286 g/mol. The molecule has 0 radical (unpaired) electrons. The number of likely N-dealkylation sites (N-methyl/N-ethyl adjacent to an activating group) is 1. The van der Waals surface area contributed by atoms with Crippen molar-refractivity contribution >= 4 is 11.6 Å². The van der Waals surface area contributed by atoms with Gasteiger partial charge in [-0.15, -0.1) is 0 Å². The minimum atomic E-state index is -0.0102. The summed E-state index contributed by atoms with van der Waals surface area (Å²) in [5, 5.41) is 4.20. The molecule has 1 fully saturated rings. The third kappa shape index (κ3) is 3.26. The Balaban J connectivity index is 1.57. The minimum absolute atomic E-state index is 0.0102. The second kappa shape index (κ2) is 5.88. The van der Waals surface area contributed by atoms with E-state index in [0.29, 0.717) is 6.54 Å². The molecule has 0 saturated heterocycles. The summed E-state index contributed by atoms with van der Waals surface area (Å²) in [6, 6.07) is 8.32. The smallest absolute Gasteiger partial charge is 0.225 e. The van der Waals surface area contributed by atoms with Gasteiger partial charge in [0.25, 0.3) is 0 Å². The summed E-state index contributed by atoms with van der Waals surface area (Å²) in [6.45, 7) is 5.49. The van der Waals surface area contributed by atoms with Crippen molar-refractivity contribution < 1.29 is 9.63 Å². The Kier molecular flexibility index (Phi) is 3.95. The van der Waals surface area contributed by atoms with Crippen LogP contribution >= 0.6 is 0 Å². The first-order valence-corrected chi connectivity index (χ1v) is 7.76. The van der Waals surface area contributed by atoms with Crippen LogP contribution in [-0.4, -0.2) is 35.7 Å². The number of benzene rings is 1. The molecule has 1 aromatic rings. The van der Waals surface area contributed by atoms with Crippen molar-refractivity contribution in [2.45, 2.75) is 39.2 Å². The van der Waals surface area contributed by atoms with Crippen LogP contribution in [0.15, 0.2) is 29.4 Å². The SMILES string of the molecule is CCN(C[C@@H]1CC(c2ccc(C)cc2)=NO1)C(=O)C1CC1. The van der Waals surface area contributed by atoms with Crippen molar-refractivity contribution in [3.8, 4) is 0 Å². The van der Waals surface area contributed by atoms with Gasteiger partial charge >= 0.3 is 0 Å². The van der Waals surface area contributed by atoms with E-state index in [1.54, 1.807) is 0 Å². The number of nitrogens with zero attached hydrogens (tertiary/aromatic N) is 2. The number of oxime groups is 1. The van der Waals surface area contributed by atoms with E-state index in [9.17, 15) is 4.79 Å². The molecule has 1 heterocycles. The topological polar surface area (TPSA) is 41.9 Å².